The van der Waals surface area contributed by atoms with E-state index >= 15 is 0 Å². The molecule has 0 amide bonds. The van der Waals surface area contributed by atoms with Crippen LogP contribution in [0.25, 0.3) is 5.57 Å². The van der Waals surface area contributed by atoms with Gasteiger partial charge in [-0.2, -0.15) is 9.59 Å². The first-order valence-corrected chi connectivity index (χ1v) is 6.72. The Bertz CT molecular complexity index is 504. The highest BCUT2D eigenvalue weighted by atomic mass is 16.7. The van der Waals surface area contributed by atoms with Gasteiger partial charge in [0.25, 0.3) is 0 Å². The Hall–Kier alpha value is -1.74. The quantitative estimate of drug-likeness (QED) is 0.790. The molecule has 0 bridgehead atoms. The van der Waals surface area contributed by atoms with Gasteiger partial charge in [-0.1, -0.05) is 35.9 Å². The Balaban J connectivity index is 0.000000452. The van der Waals surface area contributed by atoms with Crippen molar-refractivity contribution in [3.8, 4) is 0 Å². The maximum Gasteiger partial charge on any atom is 0.373 e. The van der Waals surface area contributed by atoms with Crippen LogP contribution in [-0.2, 0) is 19.1 Å². The molecule has 1 aromatic carbocycles. The molecule has 20 heavy (non-hydrogen) atoms. The van der Waals surface area contributed by atoms with Gasteiger partial charge in [0.05, 0.1) is 13.2 Å². The summed E-state index contributed by atoms with van der Waals surface area (Å²) in [5, 5.41) is 0. The van der Waals surface area contributed by atoms with Crippen LogP contribution >= 0.6 is 0 Å². The third kappa shape index (κ3) is 3.42. The highest BCUT2D eigenvalue weighted by Crippen LogP contribution is 2.38. The number of carbonyl (C=O) groups excluding carboxylic acids is 2. The van der Waals surface area contributed by atoms with Crippen molar-refractivity contribution in [3.63, 3.8) is 0 Å². The van der Waals surface area contributed by atoms with Crippen molar-refractivity contribution < 1.29 is 19.1 Å². The number of rotatable bonds is 1. The fourth-order valence-electron chi connectivity index (χ4n) is 2.60. The number of hydrogen-bond acceptors (Lipinski definition) is 4. The Morgan fingerprint density at radius 2 is 1.70 bits per heavy atom. The monoisotopic (exact) mass is 274 g/mol. The van der Waals surface area contributed by atoms with Crippen LogP contribution in [0.3, 0.4) is 0 Å². The second-order valence-corrected chi connectivity index (χ2v) is 4.99. The van der Waals surface area contributed by atoms with Gasteiger partial charge in [-0.3, -0.25) is 0 Å². The minimum absolute atomic E-state index is 0.250. The zero-order valence-corrected chi connectivity index (χ0v) is 11.6. The zero-order valence-electron chi connectivity index (χ0n) is 11.6. The maximum absolute atomic E-state index is 8.12. The Morgan fingerprint density at radius 3 is 2.20 bits per heavy atom. The number of allylic oxidation sites excluding steroid dienone is 1. The largest absolute Gasteiger partial charge is 0.373 e. The molecular formula is C16H18O4. The molecule has 0 N–H and O–H groups in total. The number of ether oxygens (including phenoxy) is 2. The van der Waals surface area contributed by atoms with Gasteiger partial charge in [-0.15, -0.1) is 0 Å². The predicted molar refractivity (Wildman–Crippen MR) is 72.6 cm³/mol. The lowest BCUT2D eigenvalue weighted by Gasteiger charge is -2.30. The summed E-state index contributed by atoms with van der Waals surface area (Å²) < 4.78 is 11.4. The molecule has 0 atom stereocenters. The first-order valence-electron chi connectivity index (χ1n) is 6.72. The van der Waals surface area contributed by atoms with Gasteiger partial charge in [0.2, 0.25) is 0 Å². The smallest absolute Gasteiger partial charge is 0.347 e. The molecule has 0 unspecified atom stereocenters. The Morgan fingerprint density at radius 1 is 1.10 bits per heavy atom. The van der Waals surface area contributed by atoms with Gasteiger partial charge in [-0.05, 0) is 24.5 Å². The second kappa shape index (κ2) is 6.62. The van der Waals surface area contributed by atoms with E-state index in [4.69, 9.17) is 19.1 Å². The van der Waals surface area contributed by atoms with Crippen LogP contribution < -0.4 is 0 Å². The van der Waals surface area contributed by atoms with Crippen molar-refractivity contribution in [1.82, 2.24) is 0 Å². The third-order valence-corrected chi connectivity index (χ3v) is 3.67. The summed E-state index contributed by atoms with van der Waals surface area (Å²) in [4.78, 5) is 16.2. The number of benzene rings is 1. The first kappa shape index (κ1) is 14.7. The van der Waals surface area contributed by atoms with E-state index in [2.05, 4.69) is 37.3 Å². The van der Waals surface area contributed by atoms with Gasteiger partial charge in [0, 0.05) is 12.8 Å². The third-order valence-electron chi connectivity index (χ3n) is 3.67. The minimum atomic E-state index is -0.297. The molecule has 1 aliphatic carbocycles. The molecule has 3 rings (SSSR count). The fourth-order valence-corrected chi connectivity index (χ4v) is 2.60. The molecule has 1 heterocycles. The molecule has 1 aliphatic heterocycles. The topological polar surface area (TPSA) is 52.6 Å². The molecule has 4 heteroatoms. The molecule has 106 valence electrons. The lowest BCUT2D eigenvalue weighted by atomic mass is 9.89. The van der Waals surface area contributed by atoms with E-state index in [1.807, 2.05) is 0 Å². The lowest BCUT2D eigenvalue weighted by molar-refractivity contribution is -0.191. The summed E-state index contributed by atoms with van der Waals surface area (Å²) in [5.41, 5.74) is 4.07. The molecule has 0 aromatic heterocycles. The van der Waals surface area contributed by atoms with Crippen molar-refractivity contribution >= 4 is 11.7 Å². The van der Waals surface area contributed by atoms with E-state index in [9.17, 15) is 0 Å². The van der Waals surface area contributed by atoms with Gasteiger partial charge in [-0.25, -0.2) is 0 Å². The van der Waals surface area contributed by atoms with Crippen LogP contribution in [0, 0.1) is 6.92 Å². The average Bonchev–Trinajstić information content (AvgIpc) is 2.90. The summed E-state index contributed by atoms with van der Waals surface area (Å²) in [5.74, 6) is -0.297. The highest BCUT2D eigenvalue weighted by Gasteiger charge is 2.37. The molecule has 0 saturated carbocycles. The predicted octanol–water partition coefficient (Wildman–Crippen LogP) is 2.72. The normalized spacial score (nSPS) is 19.8. The van der Waals surface area contributed by atoms with Crippen LogP contribution in [-0.4, -0.2) is 25.2 Å². The molecule has 1 saturated heterocycles. The van der Waals surface area contributed by atoms with E-state index in [1.165, 1.54) is 16.7 Å². The summed E-state index contributed by atoms with van der Waals surface area (Å²) in [7, 11) is 0. The van der Waals surface area contributed by atoms with E-state index in [0.29, 0.717) is 0 Å². The Labute approximate surface area is 118 Å². The van der Waals surface area contributed by atoms with Crippen molar-refractivity contribution in [1.29, 1.82) is 0 Å². The van der Waals surface area contributed by atoms with Crippen LogP contribution in [0.15, 0.2) is 30.3 Å². The van der Waals surface area contributed by atoms with Crippen LogP contribution in [0.1, 0.15) is 30.4 Å². The van der Waals surface area contributed by atoms with Crippen molar-refractivity contribution in [2.75, 3.05) is 13.2 Å². The molecule has 4 nitrogen and oxygen atoms in total. The van der Waals surface area contributed by atoms with Crippen LogP contribution in [0.2, 0.25) is 0 Å². The standard InChI is InChI=1S/C15H18O2.CO2/c1-12-2-4-13(5-3-12)14-6-8-15(9-7-14)16-10-11-17-15;2-1-3/h2-6H,7-11H2,1H3;. The SMILES string of the molecule is Cc1ccc(C2=CCC3(CC2)OCCO3)cc1.O=C=O. The van der Waals surface area contributed by atoms with Crippen LogP contribution in [0.4, 0.5) is 0 Å². The maximum atomic E-state index is 8.12. The molecular weight excluding hydrogens is 256 g/mol. The van der Waals surface area contributed by atoms with Gasteiger partial charge < -0.3 is 9.47 Å². The molecule has 1 spiro atoms. The summed E-state index contributed by atoms with van der Waals surface area (Å²) in [6.07, 6.45) is 5.44. The van der Waals surface area contributed by atoms with Crippen molar-refractivity contribution in [2.45, 2.75) is 32.0 Å². The molecule has 1 aromatic rings. The van der Waals surface area contributed by atoms with Crippen molar-refractivity contribution in [2.24, 2.45) is 0 Å². The lowest BCUT2D eigenvalue weighted by Crippen LogP contribution is -2.31. The number of hydrogen-bond donors (Lipinski definition) is 0. The summed E-state index contributed by atoms with van der Waals surface area (Å²) >= 11 is 0. The van der Waals surface area contributed by atoms with E-state index < -0.39 is 0 Å². The van der Waals surface area contributed by atoms with Gasteiger partial charge >= 0.3 is 6.15 Å². The summed E-state index contributed by atoms with van der Waals surface area (Å²) in [6.45, 7) is 3.61. The second-order valence-electron chi connectivity index (χ2n) is 4.99. The van der Waals surface area contributed by atoms with E-state index in [-0.39, 0.29) is 11.9 Å². The Kier molecular flexibility index (Phi) is 4.85. The average molecular weight is 274 g/mol. The first-order chi connectivity index (χ1) is 9.69. The van der Waals surface area contributed by atoms with Gasteiger partial charge in [0.1, 0.15) is 0 Å². The summed E-state index contributed by atoms with van der Waals surface area (Å²) in [6, 6.07) is 8.75. The minimum Gasteiger partial charge on any atom is -0.347 e. The molecule has 1 fully saturated rings. The van der Waals surface area contributed by atoms with Crippen LogP contribution in [0.5, 0.6) is 0 Å². The van der Waals surface area contributed by atoms with Gasteiger partial charge in [0.15, 0.2) is 5.79 Å². The molecule has 2 aliphatic rings. The fraction of sp³-hybridized carbons (Fsp3) is 0.438. The van der Waals surface area contributed by atoms with E-state index in [0.717, 1.165) is 32.5 Å². The zero-order chi connectivity index (χ0) is 14.4. The van der Waals surface area contributed by atoms with E-state index in [1.54, 1.807) is 0 Å². The van der Waals surface area contributed by atoms with Crippen molar-refractivity contribution in [3.05, 3.63) is 41.5 Å². The number of aryl methyl sites for hydroxylation is 1. The molecule has 0 radical (unpaired) electrons. The highest BCUT2D eigenvalue weighted by molar-refractivity contribution is 5.66.